The highest BCUT2D eigenvalue weighted by molar-refractivity contribution is 4.93. The molecule has 2 N–H and O–H groups in total. The van der Waals surface area contributed by atoms with Crippen LogP contribution >= 0.6 is 0 Å². The van der Waals surface area contributed by atoms with Crippen LogP contribution in [0.15, 0.2) is 0 Å². The van der Waals surface area contributed by atoms with Gasteiger partial charge in [-0.25, -0.2) is 0 Å². The fourth-order valence-corrected chi connectivity index (χ4v) is 5.02. The molecule has 3 fully saturated rings. The lowest BCUT2D eigenvalue weighted by atomic mass is 9.77. The summed E-state index contributed by atoms with van der Waals surface area (Å²) >= 11 is 0. The van der Waals surface area contributed by atoms with Gasteiger partial charge in [0.1, 0.15) is 0 Å². The first kappa shape index (κ1) is 16.7. The predicted octanol–water partition coefficient (Wildman–Crippen LogP) is 3.17. The molecule has 4 unspecified atom stereocenters. The maximum atomic E-state index is 9.17. The van der Waals surface area contributed by atoms with Gasteiger partial charge in [-0.15, -0.1) is 0 Å². The Morgan fingerprint density at radius 2 is 1.82 bits per heavy atom. The summed E-state index contributed by atoms with van der Waals surface area (Å²) in [4.78, 5) is 2.79. The summed E-state index contributed by atoms with van der Waals surface area (Å²) in [5.41, 5.74) is 0. The second-order valence-corrected chi connectivity index (χ2v) is 8.24. The van der Waals surface area contributed by atoms with Gasteiger partial charge in [0.15, 0.2) is 0 Å². The molecule has 3 rings (SSSR count). The molecule has 0 bridgehead atoms. The van der Waals surface area contributed by atoms with Gasteiger partial charge >= 0.3 is 0 Å². The molecule has 0 aromatic heterocycles. The van der Waals surface area contributed by atoms with Crippen molar-refractivity contribution in [1.29, 1.82) is 0 Å². The smallest absolute Gasteiger partial charge is 0.0431 e. The Hall–Kier alpha value is -0.120. The summed E-state index contributed by atoms with van der Waals surface area (Å²) in [5.74, 6) is 1.68. The minimum absolute atomic E-state index is 0.358. The van der Waals surface area contributed by atoms with Crippen molar-refractivity contribution in [2.24, 2.45) is 11.8 Å². The van der Waals surface area contributed by atoms with Gasteiger partial charge in [-0.05, 0) is 56.8 Å². The van der Waals surface area contributed by atoms with Crippen LogP contribution in [0.1, 0.15) is 71.1 Å². The van der Waals surface area contributed by atoms with E-state index in [0.29, 0.717) is 12.6 Å². The molecule has 3 nitrogen and oxygen atoms in total. The molecule has 0 aromatic carbocycles. The van der Waals surface area contributed by atoms with Crippen LogP contribution in [0.4, 0.5) is 0 Å². The maximum absolute atomic E-state index is 9.17. The number of likely N-dealkylation sites (tertiary alicyclic amines) is 1. The second kappa shape index (κ2) is 8.12. The number of aliphatic hydroxyl groups is 1. The van der Waals surface area contributed by atoms with E-state index in [1.807, 2.05) is 0 Å². The third-order valence-corrected chi connectivity index (χ3v) is 6.46. The molecule has 128 valence electrons. The van der Waals surface area contributed by atoms with Gasteiger partial charge in [-0.2, -0.15) is 0 Å². The zero-order valence-corrected chi connectivity index (χ0v) is 14.5. The van der Waals surface area contributed by atoms with Crippen molar-refractivity contribution < 1.29 is 5.11 Å². The first-order valence-electron chi connectivity index (χ1n) is 9.87. The van der Waals surface area contributed by atoms with Crippen molar-refractivity contribution in [1.82, 2.24) is 10.2 Å². The third kappa shape index (κ3) is 4.24. The van der Waals surface area contributed by atoms with Gasteiger partial charge in [-0.1, -0.05) is 26.2 Å². The van der Waals surface area contributed by atoms with Gasteiger partial charge in [0, 0.05) is 37.8 Å². The molecule has 2 saturated carbocycles. The van der Waals surface area contributed by atoms with Gasteiger partial charge in [0.05, 0.1) is 0 Å². The number of piperidine rings is 1. The van der Waals surface area contributed by atoms with Crippen molar-refractivity contribution in [2.75, 3.05) is 19.7 Å². The topological polar surface area (TPSA) is 35.5 Å². The van der Waals surface area contributed by atoms with E-state index in [-0.39, 0.29) is 0 Å². The SMILES string of the molecule is CC1CCC1N1CC(CCCO)CC(NC2CCCCC2)C1. The first-order chi connectivity index (χ1) is 10.8. The lowest BCUT2D eigenvalue weighted by molar-refractivity contribution is 0.0172. The second-order valence-electron chi connectivity index (χ2n) is 8.24. The summed E-state index contributed by atoms with van der Waals surface area (Å²) < 4.78 is 0. The number of nitrogens with one attached hydrogen (secondary N) is 1. The van der Waals surface area contributed by atoms with Crippen LogP contribution in [0.5, 0.6) is 0 Å². The average molecular weight is 309 g/mol. The molecule has 0 aromatic rings. The summed E-state index contributed by atoms with van der Waals surface area (Å²) in [5, 5.41) is 13.2. The van der Waals surface area contributed by atoms with Crippen molar-refractivity contribution >= 4 is 0 Å². The Kier molecular flexibility index (Phi) is 6.17. The largest absolute Gasteiger partial charge is 0.396 e. The molecule has 0 amide bonds. The fraction of sp³-hybridized carbons (Fsp3) is 1.00. The monoisotopic (exact) mass is 308 g/mol. The summed E-state index contributed by atoms with van der Waals surface area (Å²) in [6.07, 6.45) is 13.4. The highest BCUT2D eigenvalue weighted by Gasteiger charge is 2.37. The lowest BCUT2D eigenvalue weighted by Crippen LogP contribution is -2.58. The van der Waals surface area contributed by atoms with Gasteiger partial charge in [0.2, 0.25) is 0 Å². The quantitative estimate of drug-likeness (QED) is 0.791. The van der Waals surface area contributed by atoms with Gasteiger partial charge in [-0.3, -0.25) is 4.90 Å². The summed E-state index contributed by atoms with van der Waals surface area (Å²) in [6.45, 7) is 5.32. The average Bonchev–Trinajstić information content (AvgIpc) is 2.52. The molecule has 1 aliphatic heterocycles. The van der Waals surface area contributed by atoms with Crippen molar-refractivity contribution in [3.05, 3.63) is 0 Å². The zero-order chi connectivity index (χ0) is 15.4. The number of hydrogen-bond acceptors (Lipinski definition) is 3. The van der Waals surface area contributed by atoms with Crippen LogP contribution in [0.2, 0.25) is 0 Å². The molecule has 0 radical (unpaired) electrons. The zero-order valence-electron chi connectivity index (χ0n) is 14.5. The van der Waals surface area contributed by atoms with E-state index in [4.69, 9.17) is 5.11 Å². The number of hydrogen-bond donors (Lipinski definition) is 2. The van der Waals surface area contributed by atoms with Crippen molar-refractivity contribution in [2.45, 2.75) is 89.3 Å². The Morgan fingerprint density at radius 1 is 1.00 bits per heavy atom. The number of aliphatic hydroxyl groups excluding tert-OH is 1. The van der Waals surface area contributed by atoms with Crippen LogP contribution in [0, 0.1) is 11.8 Å². The Labute approximate surface area is 136 Å². The standard InChI is InChI=1S/C19H36N2O/c1-15-9-10-19(15)21-13-16(6-5-11-22)12-18(14-21)20-17-7-3-2-4-8-17/h15-20,22H,2-14H2,1H3. The normalized spacial score (nSPS) is 37.9. The van der Waals surface area contributed by atoms with Crippen LogP contribution in [-0.4, -0.2) is 47.8 Å². The van der Waals surface area contributed by atoms with Gasteiger partial charge < -0.3 is 10.4 Å². The summed E-state index contributed by atoms with van der Waals surface area (Å²) in [6, 6.07) is 2.30. The van der Waals surface area contributed by atoms with Crippen LogP contribution in [0.25, 0.3) is 0 Å². The molecule has 1 heterocycles. The van der Waals surface area contributed by atoms with E-state index in [1.165, 1.54) is 70.9 Å². The third-order valence-electron chi connectivity index (χ3n) is 6.46. The minimum Gasteiger partial charge on any atom is -0.396 e. The summed E-state index contributed by atoms with van der Waals surface area (Å²) in [7, 11) is 0. The van der Waals surface area contributed by atoms with E-state index < -0.39 is 0 Å². The highest BCUT2D eigenvalue weighted by atomic mass is 16.2. The molecule has 0 spiro atoms. The van der Waals surface area contributed by atoms with E-state index in [0.717, 1.165) is 30.3 Å². The minimum atomic E-state index is 0.358. The molecule has 22 heavy (non-hydrogen) atoms. The molecule has 3 heteroatoms. The van der Waals surface area contributed by atoms with E-state index in [1.54, 1.807) is 0 Å². The van der Waals surface area contributed by atoms with Crippen LogP contribution in [-0.2, 0) is 0 Å². The highest BCUT2D eigenvalue weighted by Crippen LogP contribution is 2.35. The Morgan fingerprint density at radius 3 is 2.45 bits per heavy atom. The van der Waals surface area contributed by atoms with E-state index >= 15 is 0 Å². The van der Waals surface area contributed by atoms with Gasteiger partial charge in [0.25, 0.3) is 0 Å². The molecular formula is C19H36N2O. The lowest BCUT2D eigenvalue weighted by Gasteiger charge is -2.49. The Balaban J connectivity index is 1.55. The van der Waals surface area contributed by atoms with Crippen LogP contribution in [0.3, 0.4) is 0 Å². The fourth-order valence-electron chi connectivity index (χ4n) is 5.02. The number of rotatable bonds is 6. The molecule has 4 atom stereocenters. The molecule has 3 aliphatic rings. The first-order valence-corrected chi connectivity index (χ1v) is 9.87. The van der Waals surface area contributed by atoms with E-state index in [2.05, 4.69) is 17.1 Å². The predicted molar refractivity (Wildman–Crippen MR) is 92.0 cm³/mol. The molecular weight excluding hydrogens is 272 g/mol. The van der Waals surface area contributed by atoms with Crippen molar-refractivity contribution in [3.63, 3.8) is 0 Å². The maximum Gasteiger partial charge on any atom is 0.0431 e. The molecule has 2 aliphatic carbocycles. The van der Waals surface area contributed by atoms with Crippen LogP contribution < -0.4 is 5.32 Å². The van der Waals surface area contributed by atoms with E-state index in [9.17, 15) is 0 Å². The van der Waals surface area contributed by atoms with Crippen molar-refractivity contribution in [3.8, 4) is 0 Å². The number of nitrogens with zero attached hydrogens (tertiary/aromatic N) is 1. The molecule has 1 saturated heterocycles. The Bertz CT molecular complexity index is 329.